The van der Waals surface area contributed by atoms with E-state index < -0.39 is 0 Å². The van der Waals surface area contributed by atoms with E-state index in [2.05, 4.69) is 17.1 Å². The molecule has 0 aromatic carbocycles. The highest BCUT2D eigenvalue weighted by molar-refractivity contribution is 4.91. The van der Waals surface area contributed by atoms with Crippen molar-refractivity contribution in [3.8, 4) is 0 Å². The summed E-state index contributed by atoms with van der Waals surface area (Å²) in [6.07, 6.45) is 6.92. The monoisotopic (exact) mass is 240 g/mol. The Morgan fingerprint density at radius 3 is 2.65 bits per heavy atom. The minimum absolute atomic E-state index is 0.700. The van der Waals surface area contributed by atoms with Crippen molar-refractivity contribution >= 4 is 0 Å². The van der Waals surface area contributed by atoms with E-state index in [9.17, 15) is 0 Å². The van der Waals surface area contributed by atoms with Crippen molar-refractivity contribution in [1.29, 1.82) is 0 Å². The average molecular weight is 240 g/mol. The molecule has 0 heterocycles. The maximum atomic E-state index is 5.06. The Labute approximate surface area is 106 Å². The lowest BCUT2D eigenvalue weighted by molar-refractivity contribution is 0.178. The zero-order chi connectivity index (χ0) is 12.1. The number of nitrogens with one attached hydrogen (secondary N) is 1. The maximum Gasteiger partial charge on any atom is 0.0474 e. The largest absolute Gasteiger partial charge is 0.385 e. The van der Waals surface area contributed by atoms with Gasteiger partial charge in [0.25, 0.3) is 0 Å². The lowest BCUT2D eigenvalue weighted by Gasteiger charge is -2.29. The van der Waals surface area contributed by atoms with E-state index in [1.54, 1.807) is 7.11 Å². The molecule has 2 saturated carbocycles. The summed E-state index contributed by atoms with van der Waals surface area (Å²) >= 11 is 0. The van der Waals surface area contributed by atoms with Crippen LogP contribution in [0.25, 0.3) is 0 Å². The Balaban J connectivity index is 1.59. The zero-order valence-electron chi connectivity index (χ0n) is 11.5. The summed E-state index contributed by atoms with van der Waals surface area (Å²) in [5.41, 5.74) is 0. The van der Waals surface area contributed by atoms with Gasteiger partial charge in [0.15, 0.2) is 0 Å². The normalized spacial score (nSPS) is 22.1. The first-order chi connectivity index (χ1) is 8.31. The van der Waals surface area contributed by atoms with Gasteiger partial charge in [-0.2, -0.15) is 0 Å². The fourth-order valence-electron chi connectivity index (χ4n) is 2.46. The molecule has 100 valence electrons. The number of hydrogen-bond donors (Lipinski definition) is 1. The molecule has 0 aromatic rings. The SMILES string of the molecule is COCCCNCC(C)N(CC1CC1)C1CC1. The fourth-order valence-corrected chi connectivity index (χ4v) is 2.46. The molecule has 0 amide bonds. The summed E-state index contributed by atoms with van der Waals surface area (Å²) in [5, 5.41) is 3.56. The predicted octanol–water partition coefficient (Wildman–Crippen LogP) is 1.88. The molecule has 0 spiro atoms. The second-order valence-electron chi connectivity index (χ2n) is 5.77. The highest BCUT2D eigenvalue weighted by Gasteiger charge is 2.35. The Kier molecular flexibility index (Phi) is 5.26. The van der Waals surface area contributed by atoms with Crippen LogP contribution in [0.3, 0.4) is 0 Å². The lowest BCUT2D eigenvalue weighted by atomic mass is 10.2. The van der Waals surface area contributed by atoms with Gasteiger partial charge in [0, 0.05) is 38.9 Å². The smallest absolute Gasteiger partial charge is 0.0474 e. The summed E-state index contributed by atoms with van der Waals surface area (Å²) < 4.78 is 5.06. The Bertz CT molecular complexity index is 214. The van der Waals surface area contributed by atoms with Gasteiger partial charge >= 0.3 is 0 Å². The Hall–Kier alpha value is -0.120. The van der Waals surface area contributed by atoms with Crippen molar-refractivity contribution in [3.63, 3.8) is 0 Å². The molecule has 2 aliphatic rings. The molecule has 1 atom stereocenters. The van der Waals surface area contributed by atoms with Crippen LogP contribution in [0, 0.1) is 5.92 Å². The van der Waals surface area contributed by atoms with E-state index in [-0.39, 0.29) is 0 Å². The molecular weight excluding hydrogens is 212 g/mol. The molecule has 0 aliphatic heterocycles. The van der Waals surface area contributed by atoms with Gasteiger partial charge in [0.2, 0.25) is 0 Å². The minimum Gasteiger partial charge on any atom is -0.385 e. The quantitative estimate of drug-likeness (QED) is 0.590. The van der Waals surface area contributed by atoms with E-state index in [1.807, 2.05) is 0 Å². The van der Waals surface area contributed by atoms with Crippen molar-refractivity contribution in [2.45, 2.75) is 51.1 Å². The van der Waals surface area contributed by atoms with Crippen LogP contribution in [0.1, 0.15) is 39.0 Å². The van der Waals surface area contributed by atoms with Gasteiger partial charge in [0.1, 0.15) is 0 Å². The van der Waals surface area contributed by atoms with Crippen LogP contribution in [0.15, 0.2) is 0 Å². The molecule has 1 unspecified atom stereocenters. The Morgan fingerprint density at radius 2 is 2.06 bits per heavy atom. The highest BCUT2D eigenvalue weighted by Crippen LogP contribution is 2.35. The fraction of sp³-hybridized carbons (Fsp3) is 1.00. The number of nitrogens with zero attached hydrogens (tertiary/aromatic N) is 1. The number of rotatable bonds is 10. The average Bonchev–Trinajstić information content (AvgIpc) is 3.15. The van der Waals surface area contributed by atoms with Gasteiger partial charge < -0.3 is 10.1 Å². The third-order valence-electron chi connectivity index (χ3n) is 3.89. The highest BCUT2D eigenvalue weighted by atomic mass is 16.5. The van der Waals surface area contributed by atoms with Gasteiger partial charge in [-0.1, -0.05) is 0 Å². The van der Waals surface area contributed by atoms with Crippen molar-refractivity contribution in [3.05, 3.63) is 0 Å². The van der Waals surface area contributed by atoms with Crippen LogP contribution in [-0.2, 0) is 4.74 Å². The summed E-state index contributed by atoms with van der Waals surface area (Å²) in [6.45, 7) is 6.82. The number of hydrogen-bond acceptors (Lipinski definition) is 3. The van der Waals surface area contributed by atoms with E-state index in [0.29, 0.717) is 6.04 Å². The first kappa shape index (κ1) is 13.3. The van der Waals surface area contributed by atoms with Crippen molar-refractivity contribution < 1.29 is 4.74 Å². The van der Waals surface area contributed by atoms with Crippen molar-refractivity contribution in [2.75, 3.05) is 33.4 Å². The Morgan fingerprint density at radius 1 is 1.29 bits per heavy atom. The molecule has 2 aliphatic carbocycles. The van der Waals surface area contributed by atoms with Crippen LogP contribution >= 0.6 is 0 Å². The van der Waals surface area contributed by atoms with Crippen LogP contribution in [-0.4, -0.2) is 50.3 Å². The minimum atomic E-state index is 0.700. The molecule has 2 fully saturated rings. The van der Waals surface area contributed by atoms with Gasteiger partial charge in [0.05, 0.1) is 0 Å². The van der Waals surface area contributed by atoms with E-state index in [0.717, 1.165) is 38.1 Å². The first-order valence-corrected chi connectivity index (χ1v) is 7.26. The first-order valence-electron chi connectivity index (χ1n) is 7.26. The third-order valence-corrected chi connectivity index (χ3v) is 3.89. The molecule has 2 rings (SSSR count). The lowest BCUT2D eigenvalue weighted by Crippen LogP contribution is -2.43. The summed E-state index contributed by atoms with van der Waals surface area (Å²) in [5.74, 6) is 1.02. The standard InChI is InChI=1S/C14H28N2O/c1-12(10-15-8-3-9-17-2)16(14-6-7-14)11-13-4-5-13/h12-15H,3-11H2,1-2H3. The predicted molar refractivity (Wildman–Crippen MR) is 71.3 cm³/mol. The zero-order valence-corrected chi connectivity index (χ0v) is 11.5. The van der Waals surface area contributed by atoms with E-state index >= 15 is 0 Å². The van der Waals surface area contributed by atoms with Crippen LogP contribution in [0.4, 0.5) is 0 Å². The van der Waals surface area contributed by atoms with Gasteiger partial charge in [-0.15, -0.1) is 0 Å². The van der Waals surface area contributed by atoms with Gasteiger partial charge in [-0.25, -0.2) is 0 Å². The maximum absolute atomic E-state index is 5.06. The van der Waals surface area contributed by atoms with Gasteiger partial charge in [-0.05, 0) is 51.5 Å². The molecular formula is C14H28N2O. The molecule has 1 N–H and O–H groups in total. The van der Waals surface area contributed by atoms with E-state index in [1.165, 1.54) is 32.2 Å². The third kappa shape index (κ3) is 4.94. The van der Waals surface area contributed by atoms with Crippen LogP contribution in [0.2, 0.25) is 0 Å². The summed E-state index contributed by atoms with van der Waals surface area (Å²) in [4.78, 5) is 2.75. The van der Waals surface area contributed by atoms with Gasteiger partial charge in [-0.3, -0.25) is 4.90 Å². The second kappa shape index (κ2) is 6.72. The second-order valence-corrected chi connectivity index (χ2v) is 5.77. The summed E-state index contributed by atoms with van der Waals surface area (Å²) in [6, 6.07) is 1.61. The van der Waals surface area contributed by atoms with Crippen molar-refractivity contribution in [2.24, 2.45) is 5.92 Å². The number of ether oxygens (including phenoxy) is 1. The molecule has 0 saturated heterocycles. The molecule has 0 aromatic heterocycles. The van der Waals surface area contributed by atoms with Crippen LogP contribution in [0.5, 0.6) is 0 Å². The molecule has 17 heavy (non-hydrogen) atoms. The molecule has 3 nitrogen and oxygen atoms in total. The molecule has 0 bridgehead atoms. The topological polar surface area (TPSA) is 24.5 Å². The van der Waals surface area contributed by atoms with E-state index in [4.69, 9.17) is 4.74 Å². The molecule has 3 heteroatoms. The summed E-state index contributed by atoms with van der Waals surface area (Å²) in [7, 11) is 1.77. The van der Waals surface area contributed by atoms with Crippen molar-refractivity contribution in [1.82, 2.24) is 10.2 Å². The molecule has 0 radical (unpaired) electrons. The number of methoxy groups -OCH3 is 1. The van der Waals surface area contributed by atoms with Crippen LogP contribution < -0.4 is 5.32 Å².